The molecule has 1 atom stereocenters. The molecule has 0 aromatic heterocycles. The first-order valence-electron chi connectivity index (χ1n) is 7.03. The largest absolute Gasteiger partial charge is 0.361 e. The first kappa shape index (κ1) is 13.0. The van der Waals surface area contributed by atoms with E-state index in [9.17, 15) is 9.59 Å². The number of anilines is 1. The molecule has 1 aromatic rings. The van der Waals surface area contributed by atoms with Gasteiger partial charge in [-0.25, -0.2) is 0 Å². The molecule has 0 spiro atoms. The Morgan fingerprint density at radius 2 is 2.20 bits per heavy atom. The van der Waals surface area contributed by atoms with E-state index in [0.29, 0.717) is 25.6 Å². The van der Waals surface area contributed by atoms with E-state index in [1.54, 1.807) is 4.90 Å². The minimum Gasteiger partial charge on any atom is -0.361 e. The minimum absolute atomic E-state index is 0.0313. The fraction of sp³-hybridized carbons (Fsp3) is 0.467. The van der Waals surface area contributed by atoms with E-state index in [0.717, 1.165) is 12.2 Å². The number of benzene rings is 1. The standard InChI is InChI=1S/C15H19N3O2/c1-11-8-18(13-5-3-2-4-12(11)13)10-15(20)17-7-6-16-14(19)9-17/h2-5,11H,6-10H2,1H3,(H,16,19)/t11-/m0/s1. The summed E-state index contributed by atoms with van der Waals surface area (Å²) in [4.78, 5) is 27.4. The van der Waals surface area contributed by atoms with E-state index in [4.69, 9.17) is 0 Å². The van der Waals surface area contributed by atoms with Gasteiger partial charge in [-0.3, -0.25) is 9.59 Å². The lowest BCUT2D eigenvalue weighted by Gasteiger charge is -2.29. The van der Waals surface area contributed by atoms with Gasteiger partial charge in [-0.15, -0.1) is 0 Å². The van der Waals surface area contributed by atoms with Crippen molar-refractivity contribution in [2.75, 3.05) is 37.6 Å². The summed E-state index contributed by atoms with van der Waals surface area (Å²) in [6.07, 6.45) is 0. The van der Waals surface area contributed by atoms with Crippen LogP contribution >= 0.6 is 0 Å². The van der Waals surface area contributed by atoms with Crippen molar-refractivity contribution in [3.63, 3.8) is 0 Å². The maximum Gasteiger partial charge on any atom is 0.242 e. The van der Waals surface area contributed by atoms with E-state index >= 15 is 0 Å². The number of hydrogen-bond acceptors (Lipinski definition) is 3. The summed E-state index contributed by atoms with van der Waals surface area (Å²) in [5.41, 5.74) is 2.45. The van der Waals surface area contributed by atoms with Gasteiger partial charge in [0, 0.05) is 31.2 Å². The van der Waals surface area contributed by atoms with Crippen molar-refractivity contribution in [3.8, 4) is 0 Å². The highest BCUT2D eigenvalue weighted by Gasteiger charge is 2.29. The molecule has 2 heterocycles. The summed E-state index contributed by atoms with van der Waals surface area (Å²) in [6.45, 7) is 4.74. The molecule has 1 aromatic carbocycles. The zero-order valence-corrected chi connectivity index (χ0v) is 11.6. The van der Waals surface area contributed by atoms with Gasteiger partial charge in [-0.1, -0.05) is 25.1 Å². The van der Waals surface area contributed by atoms with Crippen LogP contribution in [0.3, 0.4) is 0 Å². The number of rotatable bonds is 2. The fourth-order valence-electron chi connectivity index (χ4n) is 2.98. The first-order chi connectivity index (χ1) is 9.65. The van der Waals surface area contributed by atoms with E-state index in [1.807, 2.05) is 12.1 Å². The Hall–Kier alpha value is -2.04. The maximum atomic E-state index is 12.3. The quantitative estimate of drug-likeness (QED) is 0.857. The second kappa shape index (κ2) is 5.15. The third kappa shape index (κ3) is 2.35. The monoisotopic (exact) mass is 273 g/mol. The number of carbonyl (C=O) groups excluding carboxylic acids is 2. The van der Waals surface area contributed by atoms with Gasteiger partial charge < -0.3 is 15.1 Å². The Bertz CT molecular complexity index is 544. The fourth-order valence-corrected chi connectivity index (χ4v) is 2.98. The van der Waals surface area contributed by atoms with E-state index in [-0.39, 0.29) is 18.4 Å². The number of hydrogen-bond donors (Lipinski definition) is 1. The topological polar surface area (TPSA) is 52.7 Å². The summed E-state index contributed by atoms with van der Waals surface area (Å²) in [6, 6.07) is 8.23. The molecule has 0 radical (unpaired) electrons. The van der Waals surface area contributed by atoms with Crippen LogP contribution in [0.5, 0.6) is 0 Å². The van der Waals surface area contributed by atoms with Crippen LogP contribution < -0.4 is 10.2 Å². The molecule has 1 saturated heterocycles. The summed E-state index contributed by atoms with van der Waals surface area (Å²) in [5.74, 6) is 0.409. The van der Waals surface area contributed by atoms with Gasteiger partial charge in [0.05, 0.1) is 13.1 Å². The van der Waals surface area contributed by atoms with Crippen LogP contribution in [0.1, 0.15) is 18.4 Å². The van der Waals surface area contributed by atoms with Crippen LogP contribution in [-0.4, -0.2) is 49.4 Å². The molecule has 0 saturated carbocycles. The molecule has 0 aliphatic carbocycles. The third-order valence-corrected chi connectivity index (χ3v) is 4.02. The highest BCUT2D eigenvalue weighted by Crippen LogP contribution is 2.35. The van der Waals surface area contributed by atoms with Crippen molar-refractivity contribution in [2.45, 2.75) is 12.8 Å². The van der Waals surface area contributed by atoms with Gasteiger partial charge in [-0.2, -0.15) is 0 Å². The maximum absolute atomic E-state index is 12.3. The summed E-state index contributed by atoms with van der Waals surface area (Å²) < 4.78 is 0. The number of amides is 2. The average molecular weight is 273 g/mol. The van der Waals surface area contributed by atoms with Crippen LogP contribution in [0.4, 0.5) is 5.69 Å². The van der Waals surface area contributed by atoms with E-state index in [2.05, 4.69) is 29.3 Å². The normalized spacial score (nSPS) is 21.6. The van der Waals surface area contributed by atoms with Crippen molar-refractivity contribution in [1.29, 1.82) is 0 Å². The third-order valence-electron chi connectivity index (χ3n) is 4.02. The molecule has 3 rings (SSSR count). The molecule has 1 fully saturated rings. The SMILES string of the molecule is C[C@H]1CN(CC(=O)N2CCNC(=O)C2)c2ccccc21. The Morgan fingerprint density at radius 1 is 1.40 bits per heavy atom. The van der Waals surface area contributed by atoms with Crippen molar-refractivity contribution in [3.05, 3.63) is 29.8 Å². The van der Waals surface area contributed by atoms with Crippen molar-refractivity contribution < 1.29 is 9.59 Å². The lowest BCUT2D eigenvalue weighted by atomic mass is 10.0. The number of piperazine rings is 1. The van der Waals surface area contributed by atoms with Crippen LogP contribution in [0.2, 0.25) is 0 Å². The summed E-state index contributed by atoms with van der Waals surface area (Å²) in [5, 5.41) is 2.74. The van der Waals surface area contributed by atoms with Crippen LogP contribution in [0.15, 0.2) is 24.3 Å². The molecule has 0 bridgehead atoms. The van der Waals surface area contributed by atoms with Gasteiger partial charge in [0.2, 0.25) is 11.8 Å². The molecule has 2 aliphatic heterocycles. The molecular formula is C15H19N3O2. The van der Waals surface area contributed by atoms with Gasteiger partial charge >= 0.3 is 0 Å². The minimum atomic E-state index is -0.0696. The number of nitrogens with one attached hydrogen (secondary N) is 1. The lowest BCUT2D eigenvalue weighted by molar-refractivity contribution is -0.137. The molecule has 1 N–H and O–H groups in total. The zero-order chi connectivity index (χ0) is 14.1. The zero-order valence-electron chi connectivity index (χ0n) is 11.6. The average Bonchev–Trinajstić information content (AvgIpc) is 2.76. The first-order valence-corrected chi connectivity index (χ1v) is 7.03. The second-order valence-corrected chi connectivity index (χ2v) is 5.51. The van der Waals surface area contributed by atoms with Crippen molar-refractivity contribution in [2.24, 2.45) is 0 Å². The van der Waals surface area contributed by atoms with Crippen molar-refractivity contribution >= 4 is 17.5 Å². The highest BCUT2D eigenvalue weighted by molar-refractivity contribution is 5.88. The van der Waals surface area contributed by atoms with E-state index in [1.165, 1.54) is 5.56 Å². The molecule has 20 heavy (non-hydrogen) atoms. The summed E-state index contributed by atoms with van der Waals surface area (Å²) >= 11 is 0. The molecule has 0 unspecified atom stereocenters. The highest BCUT2D eigenvalue weighted by atomic mass is 16.2. The molecular weight excluding hydrogens is 254 g/mol. The smallest absolute Gasteiger partial charge is 0.242 e. The van der Waals surface area contributed by atoms with E-state index < -0.39 is 0 Å². The second-order valence-electron chi connectivity index (χ2n) is 5.51. The van der Waals surface area contributed by atoms with Gasteiger partial charge in [-0.05, 0) is 11.6 Å². The van der Waals surface area contributed by atoms with Gasteiger partial charge in [0.25, 0.3) is 0 Å². The molecule has 5 heteroatoms. The summed E-state index contributed by atoms with van der Waals surface area (Å²) in [7, 11) is 0. The van der Waals surface area contributed by atoms with Crippen molar-refractivity contribution in [1.82, 2.24) is 10.2 Å². The predicted molar refractivity (Wildman–Crippen MR) is 76.7 cm³/mol. The van der Waals surface area contributed by atoms with Gasteiger partial charge in [0.1, 0.15) is 0 Å². The molecule has 5 nitrogen and oxygen atoms in total. The van der Waals surface area contributed by atoms with Crippen LogP contribution in [0.25, 0.3) is 0 Å². The van der Waals surface area contributed by atoms with Gasteiger partial charge in [0.15, 0.2) is 0 Å². The lowest BCUT2D eigenvalue weighted by Crippen LogP contribution is -2.52. The molecule has 106 valence electrons. The Kier molecular flexibility index (Phi) is 3.34. The number of carbonyl (C=O) groups is 2. The Labute approximate surface area is 118 Å². The molecule has 2 amide bonds. The Morgan fingerprint density at radius 3 is 3.00 bits per heavy atom. The number of para-hydroxylation sites is 1. The van der Waals surface area contributed by atoms with Crippen LogP contribution in [0, 0.1) is 0 Å². The predicted octanol–water partition coefficient (Wildman–Crippen LogP) is 0.568. The molecule has 2 aliphatic rings. The number of nitrogens with zero attached hydrogens (tertiary/aromatic N) is 2. The Balaban J connectivity index is 1.70. The van der Waals surface area contributed by atoms with Crippen LogP contribution in [-0.2, 0) is 9.59 Å². The number of fused-ring (bicyclic) bond motifs is 1.